The molecule has 0 radical (unpaired) electrons. The fourth-order valence-electron chi connectivity index (χ4n) is 2.16. The second kappa shape index (κ2) is 6.60. The van der Waals surface area contributed by atoms with Crippen LogP contribution in [0.25, 0.3) is 0 Å². The molecule has 4 nitrogen and oxygen atoms in total. The van der Waals surface area contributed by atoms with Gasteiger partial charge in [-0.1, -0.05) is 19.1 Å². The molecule has 2 aromatic rings. The summed E-state index contributed by atoms with van der Waals surface area (Å²) in [5, 5.41) is 3.24. The molecule has 6 heteroatoms. The van der Waals surface area contributed by atoms with E-state index in [0.29, 0.717) is 18.8 Å². The van der Waals surface area contributed by atoms with Crippen LogP contribution >= 0.6 is 11.3 Å². The van der Waals surface area contributed by atoms with Crippen molar-refractivity contribution in [2.75, 3.05) is 11.9 Å². The second-order valence-electron chi connectivity index (χ2n) is 4.79. The Balaban J connectivity index is 2.23. The summed E-state index contributed by atoms with van der Waals surface area (Å²) in [6.45, 7) is 6.92. The van der Waals surface area contributed by atoms with Gasteiger partial charge in [-0.3, -0.25) is 0 Å². The first-order valence-electron chi connectivity index (χ1n) is 6.82. The smallest absolute Gasteiger partial charge is 0.242 e. The van der Waals surface area contributed by atoms with Crippen molar-refractivity contribution < 1.29 is 8.42 Å². The summed E-state index contributed by atoms with van der Waals surface area (Å²) in [6, 6.07) is 9.10. The molecule has 2 rings (SSSR count). The molecule has 0 saturated carbocycles. The first-order chi connectivity index (χ1) is 9.94. The molecule has 0 bridgehead atoms. The van der Waals surface area contributed by atoms with Crippen molar-refractivity contribution in [3.63, 3.8) is 0 Å². The molecule has 0 aliphatic carbocycles. The number of nitrogens with one attached hydrogen (secondary N) is 2. The van der Waals surface area contributed by atoms with Crippen LogP contribution in [0, 0.1) is 13.8 Å². The Bertz CT molecular complexity index is 721. The van der Waals surface area contributed by atoms with Crippen LogP contribution in [-0.2, 0) is 16.6 Å². The predicted molar refractivity (Wildman–Crippen MR) is 88.4 cm³/mol. The molecule has 0 amide bonds. The van der Waals surface area contributed by atoms with Crippen LogP contribution in [0.3, 0.4) is 0 Å². The van der Waals surface area contributed by atoms with Crippen molar-refractivity contribution in [2.24, 2.45) is 0 Å². The second-order valence-corrected chi connectivity index (χ2v) is 7.99. The lowest BCUT2D eigenvalue weighted by Crippen LogP contribution is -2.24. The highest BCUT2D eigenvalue weighted by atomic mass is 32.2. The highest BCUT2D eigenvalue weighted by Gasteiger charge is 2.17. The van der Waals surface area contributed by atoms with E-state index in [9.17, 15) is 8.42 Å². The van der Waals surface area contributed by atoms with E-state index in [0.717, 1.165) is 0 Å². The van der Waals surface area contributed by atoms with Gasteiger partial charge in [0.2, 0.25) is 10.0 Å². The lowest BCUT2D eigenvalue weighted by molar-refractivity contribution is 0.584. The van der Waals surface area contributed by atoms with Crippen LogP contribution < -0.4 is 10.0 Å². The molecule has 0 saturated heterocycles. The largest absolute Gasteiger partial charge is 0.380 e. The maximum Gasteiger partial charge on any atom is 0.242 e. The van der Waals surface area contributed by atoms with Gasteiger partial charge in [0.1, 0.15) is 4.90 Å². The minimum Gasteiger partial charge on any atom is -0.380 e. The van der Waals surface area contributed by atoms with Gasteiger partial charge in [0.15, 0.2) is 0 Å². The molecule has 1 aromatic heterocycles. The van der Waals surface area contributed by atoms with Gasteiger partial charge in [-0.05, 0) is 37.6 Å². The predicted octanol–water partition coefficient (Wildman–Crippen LogP) is 3.28. The van der Waals surface area contributed by atoms with Crippen molar-refractivity contribution in [1.29, 1.82) is 0 Å². The summed E-state index contributed by atoms with van der Waals surface area (Å²) in [4.78, 5) is 2.81. The van der Waals surface area contributed by atoms with Gasteiger partial charge in [0.05, 0.1) is 5.69 Å². The lowest BCUT2D eigenvalue weighted by Gasteiger charge is -2.12. The Morgan fingerprint density at radius 2 is 1.90 bits per heavy atom. The van der Waals surface area contributed by atoms with Crippen LogP contribution in [0.5, 0.6) is 0 Å². The molecule has 0 aliphatic rings. The highest BCUT2D eigenvalue weighted by molar-refractivity contribution is 7.89. The summed E-state index contributed by atoms with van der Waals surface area (Å²) in [7, 11) is -3.46. The number of benzene rings is 1. The van der Waals surface area contributed by atoms with Gasteiger partial charge < -0.3 is 5.32 Å². The van der Waals surface area contributed by atoms with Crippen molar-refractivity contribution in [2.45, 2.75) is 32.2 Å². The average molecular weight is 324 g/mol. The number of hydrogen-bond donors (Lipinski definition) is 2. The molecule has 21 heavy (non-hydrogen) atoms. The number of aryl methyl sites for hydroxylation is 2. The molecule has 2 N–H and O–H groups in total. The van der Waals surface area contributed by atoms with Crippen LogP contribution in [0.2, 0.25) is 0 Å². The first kappa shape index (κ1) is 16.0. The molecule has 0 aliphatic heterocycles. The van der Waals surface area contributed by atoms with E-state index in [1.807, 2.05) is 6.07 Å². The van der Waals surface area contributed by atoms with E-state index in [-0.39, 0.29) is 4.90 Å². The fraction of sp³-hybridized carbons (Fsp3) is 0.333. The molecule has 0 unspecified atom stereocenters. The maximum atomic E-state index is 12.2. The van der Waals surface area contributed by atoms with Gasteiger partial charge in [0.25, 0.3) is 0 Å². The number of sulfonamides is 1. The van der Waals surface area contributed by atoms with Gasteiger partial charge >= 0.3 is 0 Å². The topological polar surface area (TPSA) is 58.2 Å². The standard InChI is InChI=1S/C15H20N2O2S2/c1-4-17-21(18,19)15-8-6-5-7-14(15)16-10-13-9-11(2)20-12(13)3/h5-9,16-17H,4,10H2,1-3H3. The van der Waals surface area contributed by atoms with Crippen LogP contribution in [-0.4, -0.2) is 15.0 Å². The van der Waals surface area contributed by atoms with Crippen molar-refractivity contribution in [3.05, 3.63) is 45.6 Å². The number of para-hydroxylation sites is 1. The van der Waals surface area contributed by atoms with Gasteiger partial charge in [-0.2, -0.15) is 0 Å². The summed E-state index contributed by atoms with van der Waals surface area (Å²) in [5.74, 6) is 0. The third-order valence-corrected chi connectivity index (χ3v) is 5.74. The Hall–Kier alpha value is -1.37. The monoisotopic (exact) mass is 324 g/mol. The third kappa shape index (κ3) is 3.84. The van der Waals surface area contributed by atoms with Gasteiger partial charge in [-0.25, -0.2) is 13.1 Å². The van der Waals surface area contributed by atoms with Crippen molar-refractivity contribution in [3.8, 4) is 0 Å². The first-order valence-corrected chi connectivity index (χ1v) is 9.12. The van der Waals surface area contributed by atoms with Crippen LogP contribution in [0.4, 0.5) is 5.69 Å². The molecule has 1 aromatic carbocycles. The van der Waals surface area contributed by atoms with Crippen LogP contribution in [0.1, 0.15) is 22.2 Å². The zero-order valence-corrected chi connectivity index (χ0v) is 14.1. The number of thiophene rings is 1. The van der Waals surface area contributed by atoms with E-state index < -0.39 is 10.0 Å². The molecule has 1 heterocycles. The number of anilines is 1. The molecule has 0 spiro atoms. The minimum absolute atomic E-state index is 0.288. The van der Waals surface area contributed by atoms with Crippen LogP contribution in [0.15, 0.2) is 35.2 Å². The van der Waals surface area contributed by atoms with Gasteiger partial charge in [0, 0.05) is 22.8 Å². The normalized spacial score (nSPS) is 11.6. The molecule has 114 valence electrons. The fourth-order valence-corrected chi connectivity index (χ4v) is 4.33. The van der Waals surface area contributed by atoms with E-state index in [2.05, 4.69) is 30.0 Å². The average Bonchev–Trinajstić information content (AvgIpc) is 2.75. The van der Waals surface area contributed by atoms with E-state index in [4.69, 9.17) is 0 Å². The zero-order chi connectivity index (χ0) is 15.5. The van der Waals surface area contributed by atoms with E-state index in [1.165, 1.54) is 15.3 Å². The molecule has 0 atom stereocenters. The molecular formula is C15H20N2O2S2. The maximum absolute atomic E-state index is 12.2. The highest BCUT2D eigenvalue weighted by Crippen LogP contribution is 2.24. The minimum atomic E-state index is -3.46. The molecular weight excluding hydrogens is 304 g/mol. The Kier molecular flexibility index (Phi) is 5.03. The number of hydrogen-bond acceptors (Lipinski definition) is 4. The van der Waals surface area contributed by atoms with Gasteiger partial charge in [-0.15, -0.1) is 11.3 Å². The Labute approximate surface area is 130 Å². The summed E-state index contributed by atoms with van der Waals surface area (Å²) < 4.78 is 26.9. The third-order valence-electron chi connectivity index (χ3n) is 3.12. The summed E-state index contributed by atoms with van der Waals surface area (Å²) in [6.07, 6.45) is 0. The zero-order valence-electron chi connectivity index (χ0n) is 12.4. The number of rotatable bonds is 6. The summed E-state index contributed by atoms with van der Waals surface area (Å²) >= 11 is 1.75. The SMILES string of the molecule is CCNS(=O)(=O)c1ccccc1NCc1cc(C)sc1C. The van der Waals surface area contributed by atoms with E-state index >= 15 is 0 Å². The van der Waals surface area contributed by atoms with E-state index in [1.54, 1.807) is 36.5 Å². The Morgan fingerprint density at radius 3 is 2.52 bits per heavy atom. The summed E-state index contributed by atoms with van der Waals surface area (Å²) in [5.41, 5.74) is 1.83. The molecule has 0 fully saturated rings. The lowest BCUT2D eigenvalue weighted by atomic mass is 10.2. The Morgan fingerprint density at radius 1 is 1.19 bits per heavy atom. The quantitative estimate of drug-likeness (QED) is 0.857. The van der Waals surface area contributed by atoms with Crippen molar-refractivity contribution >= 4 is 27.0 Å². The van der Waals surface area contributed by atoms with Crippen molar-refractivity contribution in [1.82, 2.24) is 4.72 Å².